The number of ether oxygens (including phenoxy) is 2. The van der Waals surface area contributed by atoms with Crippen LogP contribution in [0.2, 0.25) is 0 Å². The van der Waals surface area contributed by atoms with Gasteiger partial charge in [0.1, 0.15) is 13.2 Å². The van der Waals surface area contributed by atoms with Crippen molar-refractivity contribution in [2.75, 3.05) is 62.3 Å². The number of hydrogen-bond acceptors (Lipinski definition) is 7. The van der Waals surface area contributed by atoms with Crippen LogP contribution in [0.5, 0.6) is 11.5 Å². The van der Waals surface area contributed by atoms with E-state index in [2.05, 4.69) is 37.9 Å². The molecule has 0 amide bonds. The van der Waals surface area contributed by atoms with E-state index >= 15 is 0 Å². The van der Waals surface area contributed by atoms with Gasteiger partial charge in [0.05, 0.1) is 5.69 Å². The molecule has 5 rings (SSSR count). The van der Waals surface area contributed by atoms with Gasteiger partial charge in [-0.1, -0.05) is 0 Å². The summed E-state index contributed by atoms with van der Waals surface area (Å²) in [6, 6.07) is 8.36. The maximum Gasteiger partial charge on any atom is 0.225 e. The van der Waals surface area contributed by atoms with Gasteiger partial charge in [-0.15, -0.1) is 0 Å². The van der Waals surface area contributed by atoms with Crippen molar-refractivity contribution in [3.8, 4) is 11.5 Å². The highest BCUT2D eigenvalue weighted by molar-refractivity contribution is 5.57. The van der Waals surface area contributed by atoms with E-state index in [0.717, 1.165) is 75.4 Å². The lowest BCUT2D eigenvalue weighted by Gasteiger charge is -2.26. The van der Waals surface area contributed by atoms with Gasteiger partial charge >= 0.3 is 0 Å². The monoisotopic (exact) mass is 395 g/mol. The first kappa shape index (κ1) is 18.5. The minimum Gasteiger partial charge on any atom is -0.486 e. The van der Waals surface area contributed by atoms with Gasteiger partial charge in [0.25, 0.3) is 0 Å². The Balaban J connectivity index is 1.22. The topological polar surface area (TPSA) is 54.0 Å². The second kappa shape index (κ2) is 8.45. The number of rotatable bonds is 4. The summed E-state index contributed by atoms with van der Waals surface area (Å²) < 4.78 is 11.4. The van der Waals surface area contributed by atoms with Crippen LogP contribution in [0.4, 0.5) is 11.6 Å². The fourth-order valence-corrected chi connectivity index (χ4v) is 4.39. The fourth-order valence-electron chi connectivity index (χ4n) is 4.39. The van der Waals surface area contributed by atoms with Crippen molar-refractivity contribution in [1.29, 1.82) is 0 Å². The molecule has 0 unspecified atom stereocenters. The summed E-state index contributed by atoms with van der Waals surface area (Å²) in [5, 5.41) is 0. The first-order valence-electron chi connectivity index (χ1n) is 10.8. The van der Waals surface area contributed by atoms with Crippen molar-refractivity contribution in [1.82, 2.24) is 14.9 Å². The summed E-state index contributed by atoms with van der Waals surface area (Å²) in [7, 11) is 0. The predicted octanol–water partition coefficient (Wildman–Crippen LogP) is 2.56. The Labute approximate surface area is 172 Å². The number of aromatic nitrogens is 2. The van der Waals surface area contributed by atoms with Crippen LogP contribution in [0.3, 0.4) is 0 Å². The van der Waals surface area contributed by atoms with E-state index in [-0.39, 0.29) is 0 Å². The summed E-state index contributed by atoms with van der Waals surface area (Å²) in [6.07, 6.45) is 5.54. The average molecular weight is 396 g/mol. The molecule has 0 spiro atoms. The Morgan fingerprint density at radius 1 is 0.793 bits per heavy atom. The van der Waals surface area contributed by atoms with Gasteiger partial charge in [-0.3, -0.25) is 4.90 Å². The van der Waals surface area contributed by atoms with Crippen molar-refractivity contribution in [2.45, 2.75) is 25.8 Å². The quantitative estimate of drug-likeness (QED) is 0.789. The second-order valence-corrected chi connectivity index (χ2v) is 7.99. The average Bonchev–Trinajstić information content (AvgIpc) is 3.21. The summed E-state index contributed by atoms with van der Waals surface area (Å²) in [5.41, 5.74) is 2.34. The highest BCUT2D eigenvalue weighted by atomic mass is 16.6. The van der Waals surface area contributed by atoms with Gasteiger partial charge in [-0.25, -0.2) is 9.97 Å². The zero-order valence-electron chi connectivity index (χ0n) is 16.9. The number of hydrogen-bond donors (Lipinski definition) is 0. The third kappa shape index (κ3) is 4.24. The van der Waals surface area contributed by atoms with E-state index < -0.39 is 0 Å². The van der Waals surface area contributed by atoms with Crippen LogP contribution < -0.4 is 19.3 Å². The third-order valence-corrected chi connectivity index (χ3v) is 5.95. The van der Waals surface area contributed by atoms with Gasteiger partial charge in [0, 0.05) is 63.8 Å². The second-order valence-electron chi connectivity index (χ2n) is 7.99. The molecule has 154 valence electrons. The number of fused-ring (bicyclic) bond motifs is 1. The summed E-state index contributed by atoms with van der Waals surface area (Å²) in [5.74, 6) is 2.62. The third-order valence-electron chi connectivity index (χ3n) is 5.95. The highest BCUT2D eigenvalue weighted by Crippen LogP contribution is 2.34. The van der Waals surface area contributed by atoms with Crippen LogP contribution >= 0.6 is 0 Å². The van der Waals surface area contributed by atoms with Crippen molar-refractivity contribution in [3.63, 3.8) is 0 Å². The molecule has 2 saturated heterocycles. The maximum atomic E-state index is 5.76. The SMILES string of the molecule is c1cc(CN2CCCN(c3ccc4c(c3)OCCO4)CC2)nc(N2CCCC2)n1. The molecule has 0 N–H and O–H groups in total. The summed E-state index contributed by atoms with van der Waals surface area (Å²) in [4.78, 5) is 16.6. The first-order valence-corrected chi connectivity index (χ1v) is 10.8. The maximum absolute atomic E-state index is 5.76. The standard InChI is InChI=1S/C22H29N5O2/c1-2-10-27(9-1)22-23-7-6-18(24-22)17-25-8-3-11-26(13-12-25)19-4-5-20-21(16-19)29-15-14-28-20/h4-7,16H,1-3,8-15,17H2. The fraction of sp³-hybridized carbons (Fsp3) is 0.545. The summed E-state index contributed by atoms with van der Waals surface area (Å²) >= 11 is 0. The molecule has 0 aliphatic carbocycles. The smallest absolute Gasteiger partial charge is 0.225 e. The van der Waals surface area contributed by atoms with Crippen LogP contribution in [-0.4, -0.2) is 67.4 Å². The molecule has 0 bridgehead atoms. The first-order chi connectivity index (χ1) is 14.3. The zero-order valence-corrected chi connectivity index (χ0v) is 16.9. The van der Waals surface area contributed by atoms with Crippen molar-refractivity contribution in [2.24, 2.45) is 0 Å². The molecular weight excluding hydrogens is 366 g/mol. The Hall–Kier alpha value is -2.54. The molecule has 4 heterocycles. The molecule has 1 aromatic heterocycles. The minimum absolute atomic E-state index is 0.628. The van der Waals surface area contributed by atoms with Crippen molar-refractivity contribution < 1.29 is 9.47 Å². The normalized spacial score (nSPS) is 20.0. The molecular formula is C22H29N5O2. The molecule has 29 heavy (non-hydrogen) atoms. The van der Waals surface area contributed by atoms with Crippen LogP contribution in [-0.2, 0) is 6.54 Å². The van der Waals surface area contributed by atoms with Crippen LogP contribution in [0.15, 0.2) is 30.5 Å². The van der Waals surface area contributed by atoms with Gasteiger partial charge in [-0.05, 0) is 37.5 Å². The molecule has 1 aromatic carbocycles. The number of benzene rings is 1. The highest BCUT2D eigenvalue weighted by Gasteiger charge is 2.20. The minimum atomic E-state index is 0.628. The molecule has 7 heteroatoms. The Morgan fingerprint density at radius 3 is 2.52 bits per heavy atom. The molecule has 0 saturated carbocycles. The lowest BCUT2D eigenvalue weighted by atomic mass is 10.2. The number of anilines is 2. The van der Waals surface area contributed by atoms with Crippen LogP contribution in [0, 0.1) is 0 Å². The van der Waals surface area contributed by atoms with Crippen LogP contribution in [0.25, 0.3) is 0 Å². The van der Waals surface area contributed by atoms with Crippen molar-refractivity contribution >= 4 is 11.6 Å². The Morgan fingerprint density at radius 2 is 1.62 bits per heavy atom. The van der Waals surface area contributed by atoms with Crippen LogP contribution in [0.1, 0.15) is 25.0 Å². The van der Waals surface area contributed by atoms with Gasteiger partial charge < -0.3 is 19.3 Å². The van der Waals surface area contributed by atoms with Gasteiger partial charge in [0.2, 0.25) is 5.95 Å². The molecule has 0 radical (unpaired) electrons. The molecule has 0 atom stereocenters. The lowest BCUT2D eigenvalue weighted by Crippen LogP contribution is -2.31. The molecule has 3 aliphatic rings. The van der Waals surface area contributed by atoms with E-state index in [9.17, 15) is 0 Å². The number of nitrogens with zero attached hydrogens (tertiary/aromatic N) is 5. The predicted molar refractivity (Wildman–Crippen MR) is 113 cm³/mol. The van der Waals surface area contributed by atoms with E-state index in [1.807, 2.05) is 12.3 Å². The lowest BCUT2D eigenvalue weighted by molar-refractivity contribution is 0.171. The largest absolute Gasteiger partial charge is 0.486 e. The van der Waals surface area contributed by atoms with Gasteiger partial charge in [0.15, 0.2) is 11.5 Å². The van der Waals surface area contributed by atoms with E-state index in [0.29, 0.717) is 13.2 Å². The molecule has 7 nitrogen and oxygen atoms in total. The summed E-state index contributed by atoms with van der Waals surface area (Å²) in [6.45, 7) is 8.48. The molecule has 3 aliphatic heterocycles. The van der Waals surface area contributed by atoms with E-state index in [1.54, 1.807) is 0 Å². The van der Waals surface area contributed by atoms with E-state index in [1.165, 1.54) is 18.5 Å². The Kier molecular flexibility index (Phi) is 5.39. The van der Waals surface area contributed by atoms with E-state index in [4.69, 9.17) is 14.5 Å². The zero-order chi connectivity index (χ0) is 19.5. The molecule has 2 aromatic rings. The molecule has 2 fully saturated rings. The Bertz CT molecular complexity index is 840. The van der Waals surface area contributed by atoms with Gasteiger partial charge in [-0.2, -0.15) is 0 Å². The van der Waals surface area contributed by atoms with Crippen molar-refractivity contribution in [3.05, 3.63) is 36.2 Å².